The number of nitrogens with zero attached hydrogens (tertiary/aromatic N) is 1. The van der Waals surface area contributed by atoms with E-state index in [1.165, 1.54) is 31.2 Å². The van der Waals surface area contributed by atoms with Crippen molar-refractivity contribution in [3.05, 3.63) is 41.6 Å². The van der Waals surface area contributed by atoms with Crippen LogP contribution in [-0.4, -0.2) is 252 Å². The third kappa shape index (κ3) is 26.7. The Kier molecular flexibility index (Phi) is 35.4. The van der Waals surface area contributed by atoms with Gasteiger partial charge in [-0.3, -0.25) is 52.7 Å². The number of cyclic esters (lactones) is 1. The first-order valence-corrected chi connectivity index (χ1v) is 32.2. The standard InChI is InChI=1S/C62H99N11O24/c1-8-10-11-12-13-14-15-16-17-18-40(78)49(82)60(93)71-46(31(4)76)57(90)72-47-32(5)95-61(94)38(24-26-43(64)80)68-59(92)48(33(6)96-62-52(85)51(84)50(83)41(29-74)97-62)73(7)44(81)28-65-53(86)37(23-25-42(63)79)67-54(87)36(9-2)66-55(88)39(27-34-19-21-35(77)22-20-34)69-56(89)45(30(3)75)70-58(47)91/h9,19-22,30-33,37-41,45-52,62,74-78,82-85H,8,10-18,23-29H2,1-7H3,(H2,63,79)(H2,64,80)(H,65,86)(H,66,88)(H,67,87)(H,68,92)(H,69,89)(H,70,91)(H,71,93)(H,72,90)/b36-9-/t30?,31?,32?,33?,37?,38?,39-,40?,41-,45?,46?,47?,48?,49?,50-,51+,52+,62-/m1/s1. The number of aliphatic hydroxyl groups excluding tert-OH is 8. The Labute approximate surface area is 560 Å². The molecule has 35 heteroatoms. The van der Waals surface area contributed by atoms with Crippen LogP contribution in [-0.2, 0) is 78.2 Å². The molecule has 0 bridgehead atoms. The first-order valence-electron chi connectivity index (χ1n) is 32.2. The smallest absolute Gasteiger partial charge is 0.329 e. The number of unbranched alkanes of at least 4 members (excludes halogenated alkanes) is 8. The van der Waals surface area contributed by atoms with Crippen LogP contribution >= 0.6 is 0 Å². The van der Waals surface area contributed by atoms with Gasteiger partial charge in [0, 0.05) is 26.3 Å². The van der Waals surface area contributed by atoms with Gasteiger partial charge in [-0.2, -0.15) is 0 Å². The third-order valence-corrected chi connectivity index (χ3v) is 16.2. The van der Waals surface area contributed by atoms with Gasteiger partial charge in [0.25, 0.3) is 11.8 Å². The summed E-state index contributed by atoms with van der Waals surface area (Å²) in [6.07, 6.45) is -14.6. The van der Waals surface area contributed by atoms with Crippen molar-refractivity contribution in [2.75, 3.05) is 20.2 Å². The number of primary amides is 2. The molecule has 0 radical (unpaired) electrons. The molecule has 12 unspecified atom stereocenters. The molecule has 1 aromatic rings. The van der Waals surface area contributed by atoms with Crippen LogP contribution in [0.1, 0.15) is 137 Å². The van der Waals surface area contributed by atoms with Crippen LogP contribution in [0.25, 0.3) is 0 Å². The Morgan fingerprint density at radius 2 is 1.31 bits per heavy atom. The van der Waals surface area contributed by atoms with Gasteiger partial charge in [-0.05, 0) is 71.6 Å². The van der Waals surface area contributed by atoms with Crippen molar-refractivity contribution < 1.29 is 118 Å². The summed E-state index contributed by atoms with van der Waals surface area (Å²) in [7, 11) is 0.982. The van der Waals surface area contributed by atoms with E-state index in [2.05, 4.69) is 49.5 Å². The van der Waals surface area contributed by atoms with E-state index in [1.807, 2.05) is 0 Å². The van der Waals surface area contributed by atoms with Gasteiger partial charge < -0.3 is 119 Å². The molecule has 2 aliphatic heterocycles. The fraction of sp³-hybridized carbons (Fsp3) is 0.677. The number of phenolic OH excluding ortho intramolecular Hbond substituents is 1. The number of carbonyl (C=O) groups excluding carboxylic acids is 12. The maximum atomic E-state index is 14.8. The average Bonchev–Trinajstić information content (AvgIpc) is 1.25. The second kappa shape index (κ2) is 41.3. The topological polar surface area (TPSA) is 566 Å². The van der Waals surface area contributed by atoms with E-state index in [0.717, 1.165) is 85.8 Å². The summed E-state index contributed by atoms with van der Waals surface area (Å²) < 4.78 is 17.0. The number of benzene rings is 1. The molecule has 1 aromatic carbocycles. The lowest BCUT2D eigenvalue weighted by Crippen LogP contribution is -2.64. The molecule has 3 rings (SSSR count). The first kappa shape index (κ1) is 83.2. The van der Waals surface area contributed by atoms with E-state index in [-0.39, 0.29) is 17.7 Å². The SMILES string of the molecule is C/C=C1\NC(=O)[C@@H](Cc2ccc(O)cc2)NC(=O)C(C(C)O)NC(=O)C(NC(=O)C(NC(=O)C(O)C(O)CCCCCCCCCCC)C(C)O)C(C)OC(=O)C(CCC(N)=O)NC(=O)C(C(C)O[C@@H]2O[C@H](CO)[C@@H](O)[C@H](O)[C@@H]2O)N(C)C(=O)CNC(=O)C(CCC(N)=O)NC1=O. The number of carbonyl (C=O) groups is 12. The minimum atomic E-state index is -2.30. The molecule has 2 aliphatic rings. The number of amides is 11. The number of esters is 1. The van der Waals surface area contributed by atoms with Gasteiger partial charge in [0.15, 0.2) is 12.4 Å². The zero-order valence-electron chi connectivity index (χ0n) is 55.6. The van der Waals surface area contributed by atoms with Crippen molar-refractivity contribution in [1.29, 1.82) is 0 Å². The molecule has 2 saturated heterocycles. The number of allylic oxidation sites excluding steroid dienone is 1. The number of aliphatic hydroxyl groups is 8. The number of nitrogens with two attached hydrogens (primary N) is 2. The zero-order valence-corrected chi connectivity index (χ0v) is 55.6. The van der Waals surface area contributed by atoms with Crippen molar-refractivity contribution in [2.24, 2.45) is 11.5 Å². The number of aromatic hydroxyl groups is 1. The summed E-state index contributed by atoms with van der Waals surface area (Å²) in [6.45, 7) is 5.52. The highest BCUT2D eigenvalue weighted by Gasteiger charge is 2.47. The van der Waals surface area contributed by atoms with Gasteiger partial charge in [-0.15, -0.1) is 0 Å². The Balaban J connectivity index is 2.26. The van der Waals surface area contributed by atoms with Crippen LogP contribution in [0.2, 0.25) is 0 Å². The Hall–Kier alpha value is -8.00. The van der Waals surface area contributed by atoms with E-state index >= 15 is 0 Å². The van der Waals surface area contributed by atoms with E-state index in [4.69, 9.17) is 25.7 Å². The predicted octanol–water partition coefficient (Wildman–Crippen LogP) is -6.11. The van der Waals surface area contributed by atoms with Crippen LogP contribution in [0, 0.1) is 0 Å². The Morgan fingerprint density at radius 1 is 0.732 bits per heavy atom. The number of ether oxygens (including phenoxy) is 3. The van der Waals surface area contributed by atoms with Gasteiger partial charge in [0.05, 0.1) is 37.6 Å². The second-order valence-corrected chi connectivity index (χ2v) is 24.1. The molecule has 35 nitrogen and oxygen atoms in total. The van der Waals surface area contributed by atoms with E-state index in [0.29, 0.717) is 17.7 Å². The molecule has 97 heavy (non-hydrogen) atoms. The van der Waals surface area contributed by atoms with Crippen molar-refractivity contribution in [2.45, 2.75) is 247 Å². The Bertz CT molecular complexity index is 2850. The second-order valence-electron chi connectivity index (χ2n) is 24.1. The number of hydrogen-bond donors (Lipinski definition) is 19. The van der Waals surface area contributed by atoms with Crippen LogP contribution in [0.15, 0.2) is 36.0 Å². The van der Waals surface area contributed by atoms with Gasteiger partial charge in [0.2, 0.25) is 53.2 Å². The quantitative estimate of drug-likeness (QED) is 0.0202. The number of rotatable bonds is 29. The summed E-state index contributed by atoms with van der Waals surface area (Å²) in [4.78, 5) is 168. The molecule has 2 fully saturated rings. The van der Waals surface area contributed by atoms with Gasteiger partial charge in [-0.25, -0.2) is 4.79 Å². The molecular formula is C62H99N11O24. The summed E-state index contributed by atoms with van der Waals surface area (Å²) in [6, 6.07) is -8.97. The largest absolute Gasteiger partial charge is 0.508 e. The van der Waals surface area contributed by atoms with Crippen LogP contribution < -0.4 is 54.0 Å². The van der Waals surface area contributed by atoms with Crippen LogP contribution in [0.3, 0.4) is 0 Å². The highest BCUT2D eigenvalue weighted by atomic mass is 16.7. The van der Waals surface area contributed by atoms with Gasteiger partial charge >= 0.3 is 5.97 Å². The molecular weight excluding hydrogens is 1280 g/mol. The fourth-order valence-corrected chi connectivity index (χ4v) is 10.4. The minimum Gasteiger partial charge on any atom is -0.508 e. The molecule has 21 N–H and O–H groups in total. The zero-order chi connectivity index (χ0) is 73.0. The molecule has 0 aromatic heterocycles. The lowest BCUT2D eigenvalue weighted by atomic mass is 9.99. The molecule has 0 saturated carbocycles. The molecule has 18 atom stereocenters. The number of likely N-dealkylation sites (N-methyl/N-ethyl adjacent to an activating group) is 1. The normalized spacial score (nSPS) is 27.1. The van der Waals surface area contributed by atoms with Crippen molar-refractivity contribution >= 4 is 70.9 Å². The summed E-state index contributed by atoms with van der Waals surface area (Å²) >= 11 is 0. The van der Waals surface area contributed by atoms with E-state index in [9.17, 15) is 103 Å². The monoisotopic (exact) mass is 1380 g/mol. The lowest BCUT2D eigenvalue weighted by Gasteiger charge is -2.42. The van der Waals surface area contributed by atoms with E-state index < -0.39 is 232 Å². The van der Waals surface area contributed by atoms with Crippen molar-refractivity contribution in [1.82, 2.24) is 47.4 Å². The van der Waals surface area contributed by atoms with Gasteiger partial charge in [0.1, 0.15) is 84.3 Å². The summed E-state index contributed by atoms with van der Waals surface area (Å²) in [5, 5.41) is 114. The maximum absolute atomic E-state index is 14.8. The maximum Gasteiger partial charge on any atom is 0.329 e. The predicted molar refractivity (Wildman–Crippen MR) is 339 cm³/mol. The Morgan fingerprint density at radius 3 is 1.87 bits per heavy atom. The van der Waals surface area contributed by atoms with Crippen LogP contribution in [0.5, 0.6) is 5.75 Å². The number of hydrogen-bond acceptors (Lipinski definition) is 24. The summed E-state index contributed by atoms with van der Waals surface area (Å²) in [5.74, 6) is -15.4. The minimum absolute atomic E-state index is 0.0402. The van der Waals surface area contributed by atoms with Crippen molar-refractivity contribution in [3.8, 4) is 5.75 Å². The molecule has 11 amide bonds. The number of nitrogens with one attached hydrogen (secondary N) is 8. The van der Waals surface area contributed by atoms with Crippen LogP contribution in [0.4, 0.5) is 0 Å². The average molecular weight is 1380 g/mol. The molecule has 0 aliphatic carbocycles. The lowest BCUT2D eigenvalue weighted by molar-refractivity contribution is -0.312. The highest BCUT2D eigenvalue weighted by molar-refractivity contribution is 6.02. The van der Waals surface area contributed by atoms with E-state index in [1.54, 1.807) is 0 Å². The fourth-order valence-electron chi connectivity index (χ4n) is 10.4. The van der Waals surface area contributed by atoms with Gasteiger partial charge in [-0.1, -0.05) is 82.9 Å². The molecule has 546 valence electrons. The highest BCUT2D eigenvalue weighted by Crippen LogP contribution is 2.25. The molecule has 0 spiro atoms. The molecule has 2 heterocycles. The number of phenols is 1. The first-order chi connectivity index (χ1) is 45.7. The van der Waals surface area contributed by atoms with Crippen molar-refractivity contribution in [3.63, 3.8) is 0 Å². The third-order valence-electron chi connectivity index (χ3n) is 16.2. The summed E-state index contributed by atoms with van der Waals surface area (Å²) in [5.41, 5.74) is 10.5.